The predicted molar refractivity (Wildman–Crippen MR) is 67.4 cm³/mol. The topological polar surface area (TPSA) is 88.2 Å². The molecule has 2 aromatic heterocycles. The van der Waals surface area contributed by atoms with E-state index in [1.807, 2.05) is 0 Å². The van der Waals surface area contributed by atoms with E-state index >= 15 is 0 Å². The first-order chi connectivity index (χ1) is 9.20. The quantitative estimate of drug-likeness (QED) is 0.783. The van der Waals surface area contributed by atoms with E-state index in [9.17, 15) is 4.79 Å². The zero-order chi connectivity index (χ0) is 13.7. The predicted octanol–water partition coefficient (Wildman–Crippen LogP) is 0.974. The van der Waals surface area contributed by atoms with Gasteiger partial charge in [-0.3, -0.25) is 4.79 Å². The van der Waals surface area contributed by atoms with Gasteiger partial charge in [-0.1, -0.05) is 17.1 Å². The average molecular weight is 257 g/mol. The van der Waals surface area contributed by atoms with Gasteiger partial charge in [-0.25, -0.2) is 4.98 Å². The van der Waals surface area contributed by atoms with Crippen LogP contribution in [0, 0.1) is 18.8 Å². The number of amides is 1. The third kappa shape index (κ3) is 3.18. The Kier molecular flexibility index (Phi) is 3.90. The van der Waals surface area contributed by atoms with Gasteiger partial charge < -0.3 is 14.9 Å². The van der Waals surface area contributed by atoms with Gasteiger partial charge in [0.15, 0.2) is 0 Å². The molecule has 0 spiro atoms. The van der Waals surface area contributed by atoms with Gasteiger partial charge >= 0.3 is 0 Å². The summed E-state index contributed by atoms with van der Waals surface area (Å²) in [7, 11) is 0. The fourth-order valence-corrected chi connectivity index (χ4v) is 1.40. The molecule has 0 saturated carbocycles. The molecule has 0 saturated heterocycles. The largest absolute Gasteiger partial charge is 0.384 e. The number of aliphatic hydroxyl groups excluding tert-OH is 1. The van der Waals surface area contributed by atoms with Crippen molar-refractivity contribution in [3.63, 3.8) is 0 Å². The summed E-state index contributed by atoms with van der Waals surface area (Å²) in [6.45, 7) is 1.41. The van der Waals surface area contributed by atoms with Crippen molar-refractivity contribution in [2.75, 3.05) is 11.9 Å². The molecule has 6 nitrogen and oxygen atoms in total. The van der Waals surface area contributed by atoms with Gasteiger partial charge in [0.1, 0.15) is 29.4 Å². The number of pyridine rings is 1. The van der Waals surface area contributed by atoms with E-state index in [1.165, 1.54) is 6.20 Å². The normalized spacial score (nSPS) is 9.58. The Morgan fingerprint density at radius 1 is 1.53 bits per heavy atom. The molecule has 2 heterocycles. The Morgan fingerprint density at radius 3 is 3.05 bits per heavy atom. The van der Waals surface area contributed by atoms with Crippen LogP contribution in [0.3, 0.4) is 0 Å². The summed E-state index contributed by atoms with van der Waals surface area (Å²) in [6, 6.07) is 5.04. The van der Waals surface area contributed by atoms with Crippen LogP contribution < -0.4 is 5.32 Å². The van der Waals surface area contributed by atoms with Gasteiger partial charge in [0.25, 0.3) is 5.91 Å². The van der Waals surface area contributed by atoms with Gasteiger partial charge in [0.2, 0.25) is 0 Å². The van der Waals surface area contributed by atoms with E-state index in [0.717, 1.165) is 0 Å². The lowest BCUT2D eigenvalue weighted by Crippen LogP contribution is -2.13. The second-order valence-electron chi connectivity index (χ2n) is 3.62. The number of carbonyl (C=O) groups excluding carboxylic acids is 1. The average Bonchev–Trinajstić information content (AvgIpc) is 2.83. The first kappa shape index (κ1) is 12.8. The van der Waals surface area contributed by atoms with Gasteiger partial charge in [-0.15, -0.1) is 0 Å². The molecular weight excluding hydrogens is 246 g/mol. The van der Waals surface area contributed by atoms with Crippen LogP contribution in [0.4, 0.5) is 5.82 Å². The summed E-state index contributed by atoms with van der Waals surface area (Å²) in [4.78, 5) is 16.0. The van der Waals surface area contributed by atoms with Crippen LogP contribution in [-0.4, -0.2) is 27.8 Å². The summed E-state index contributed by atoms with van der Waals surface area (Å²) in [5.41, 5.74) is 0.822. The number of carbonyl (C=O) groups is 1. The first-order valence-electron chi connectivity index (χ1n) is 5.50. The highest BCUT2D eigenvalue weighted by Gasteiger charge is 2.13. The molecule has 0 atom stereocenters. The molecule has 0 aromatic carbocycles. The van der Waals surface area contributed by atoms with Crippen molar-refractivity contribution in [1.29, 1.82) is 0 Å². The van der Waals surface area contributed by atoms with Crippen LogP contribution in [0.25, 0.3) is 0 Å². The highest BCUT2D eigenvalue weighted by molar-refractivity contribution is 6.04. The minimum absolute atomic E-state index is 0.238. The fourth-order valence-electron chi connectivity index (χ4n) is 1.40. The van der Waals surface area contributed by atoms with Crippen LogP contribution in [0.15, 0.2) is 28.9 Å². The summed E-state index contributed by atoms with van der Waals surface area (Å²) in [5.74, 6) is 5.61. The van der Waals surface area contributed by atoms with E-state index in [0.29, 0.717) is 22.8 Å². The molecule has 0 radical (unpaired) electrons. The number of aryl methyl sites for hydroxylation is 1. The van der Waals surface area contributed by atoms with Crippen molar-refractivity contribution in [3.8, 4) is 11.8 Å². The second-order valence-corrected chi connectivity index (χ2v) is 3.62. The molecular formula is C13H11N3O3. The van der Waals surface area contributed by atoms with E-state index in [4.69, 9.17) is 9.63 Å². The van der Waals surface area contributed by atoms with Crippen LogP contribution in [0.2, 0.25) is 0 Å². The smallest absolute Gasteiger partial charge is 0.262 e. The van der Waals surface area contributed by atoms with Crippen LogP contribution >= 0.6 is 0 Å². The molecule has 0 unspecified atom stereocenters. The minimum Gasteiger partial charge on any atom is -0.384 e. The summed E-state index contributed by atoms with van der Waals surface area (Å²) >= 11 is 0. The van der Waals surface area contributed by atoms with Gasteiger partial charge in [0, 0.05) is 0 Å². The molecule has 19 heavy (non-hydrogen) atoms. The fraction of sp³-hybridized carbons (Fsp3) is 0.154. The summed E-state index contributed by atoms with van der Waals surface area (Å²) in [6.07, 6.45) is 1.35. The molecule has 96 valence electrons. The van der Waals surface area contributed by atoms with Crippen molar-refractivity contribution in [2.24, 2.45) is 0 Å². The first-order valence-corrected chi connectivity index (χ1v) is 5.50. The molecule has 2 aromatic rings. The van der Waals surface area contributed by atoms with Gasteiger partial charge in [-0.2, -0.15) is 0 Å². The number of rotatable bonds is 2. The number of aromatic nitrogens is 2. The molecule has 6 heteroatoms. The van der Waals surface area contributed by atoms with E-state index in [2.05, 4.69) is 27.3 Å². The summed E-state index contributed by atoms with van der Waals surface area (Å²) < 4.78 is 4.82. The standard InChI is InChI=1S/C13H11N3O3/c1-9-11(8-14-19-9)13(18)16-12-6-2-4-10(15-12)5-3-7-17/h2,4,6,8,17H,7H2,1H3,(H,15,16,18). The molecule has 1 amide bonds. The third-order valence-electron chi connectivity index (χ3n) is 2.28. The minimum atomic E-state index is -0.349. The maximum absolute atomic E-state index is 11.9. The number of nitrogens with one attached hydrogen (secondary N) is 1. The molecule has 0 aliphatic carbocycles. The molecule has 0 fully saturated rings. The number of anilines is 1. The highest BCUT2D eigenvalue weighted by Crippen LogP contribution is 2.10. The molecule has 0 bridgehead atoms. The van der Waals surface area contributed by atoms with Gasteiger partial charge in [0.05, 0.1) is 6.20 Å². The maximum atomic E-state index is 11.9. The van der Waals surface area contributed by atoms with E-state index < -0.39 is 0 Å². The SMILES string of the molecule is Cc1oncc1C(=O)Nc1cccc(C#CCO)n1. The zero-order valence-electron chi connectivity index (χ0n) is 10.2. The Bertz CT molecular complexity index is 652. The number of aliphatic hydroxyl groups is 1. The van der Waals surface area contributed by atoms with Crippen LogP contribution in [0.1, 0.15) is 21.8 Å². The Balaban J connectivity index is 2.15. The van der Waals surface area contributed by atoms with Crippen molar-refractivity contribution >= 4 is 11.7 Å². The van der Waals surface area contributed by atoms with Crippen molar-refractivity contribution in [2.45, 2.75) is 6.92 Å². The van der Waals surface area contributed by atoms with Gasteiger partial charge in [-0.05, 0) is 25.0 Å². The highest BCUT2D eigenvalue weighted by atomic mass is 16.5. The Morgan fingerprint density at radius 2 is 2.37 bits per heavy atom. The number of hydrogen-bond donors (Lipinski definition) is 2. The van der Waals surface area contributed by atoms with Crippen LogP contribution in [-0.2, 0) is 0 Å². The van der Waals surface area contributed by atoms with E-state index in [1.54, 1.807) is 25.1 Å². The lowest BCUT2D eigenvalue weighted by molar-refractivity contribution is 0.102. The number of hydrogen-bond acceptors (Lipinski definition) is 5. The van der Waals surface area contributed by atoms with Crippen molar-refractivity contribution < 1.29 is 14.4 Å². The van der Waals surface area contributed by atoms with Crippen LogP contribution in [0.5, 0.6) is 0 Å². The third-order valence-corrected chi connectivity index (χ3v) is 2.28. The molecule has 2 N–H and O–H groups in total. The zero-order valence-corrected chi connectivity index (χ0v) is 10.2. The molecule has 0 aliphatic rings. The van der Waals surface area contributed by atoms with E-state index in [-0.39, 0.29) is 12.5 Å². The maximum Gasteiger partial charge on any atom is 0.262 e. The lowest BCUT2D eigenvalue weighted by Gasteiger charge is -2.02. The van der Waals surface area contributed by atoms with Crippen molar-refractivity contribution in [3.05, 3.63) is 41.4 Å². The monoisotopic (exact) mass is 257 g/mol. The Hall–Kier alpha value is -2.65. The van der Waals surface area contributed by atoms with Crippen molar-refractivity contribution in [1.82, 2.24) is 10.1 Å². The lowest BCUT2D eigenvalue weighted by atomic mass is 10.2. The molecule has 2 rings (SSSR count). The number of nitrogens with zero attached hydrogens (tertiary/aromatic N) is 2. The Labute approximate surface area is 109 Å². The second kappa shape index (κ2) is 5.80. The molecule has 0 aliphatic heterocycles. The summed E-state index contributed by atoms with van der Waals surface area (Å²) in [5, 5.41) is 14.8.